The van der Waals surface area contributed by atoms with Crippen LogP contribution in [0.5, 0.6) is 11.5 Å². The number of methoxy groups -OCH3 is 1. The maximum Gasteiger partial charge on any atom is 0.238 e. The number of carbonyl (C=O) groups is 1. The fourth-order valence-corrected chi connectivity index (χ4v) is 7.12. The second-order valence-electron chi connectivity index (χ2n) is 12.9. The molecule has 1 aliphatic carbocycles. The van der Waals surface area contributed by atoms with Gasteiger partial charge in [0, 0.05) is 38.3 Å². The summed E-state index contributed by atoms with van der Waals surface area (Å²) < 4.78 is 14.3. The van der Waals surface area contributed by atoms with Crippen molar-refractivity contribution >= 4 is 17.4 Å². The number of ether oxygens (including phenoxy) is 2. The maximum absolute atomic E-state index is 14.5. The lowest BCUT2D eigenvalue weighted by molar-refractivity contribution is -0.126. The Kier molecular flexibility index (Phi) is 8.21. The molecule has 2 aliphatic heterocycles. The van der Waals surface area contributed by atoms with Crippen molar-refractivity contribution < 1.29 is 19.4 Å². The van der Waals surface area contributed by atoms with E-state index in [1.807, 2.05) is 76.1 Å². The van der Waals surface area contributed by atoms with Gasteiger partial charge in [-0.15, -0.1) is 5.10 Å². The van der Waals surface area contributed by atoms with Crippen LogP contribution < -0.4 is 19.3 Å². The van der Waals surface area contributed by atoms with Gasteiger partial charge in [0.25, 0.3) is 0 Å². The Bertz CT molecular complexity index is 1690. The number of likely N-dealkylation sites (tertiary alicyclic amines) is 1. The molecule has 1 amide bonds. The Balaban J connectivity index is 1.38. The maximum atomic E-state index is 14.5. The Morgan fingerprint density at radius 2 is 1.76 bits per heavy atom. The average Bonchev–Trinajstić information content (AvgIpc) is 3.61. The van der Waals surface area contributed by atoms with E-state index in [4.69, 9.17) is 14.6 Å². The standard InChI is InChI=1S/C37H43N5O4/c1-39-18-14-30(15-19-39)46-33-23-27(32-24-34(40(2)20-21-43)38-42(32)28-8-5-4-6-9-28)22-31-35(33)41(36(44)37(31)16-7-17-37)25-26-10-12-29(45-3)13-11-26/h4-6,8-13,22-24,30,43H,7,14-21,25H2,1-3H3. The van der Waals surface area contributed by atoms with Crippen LogP contribution in [0.15, 0.2) is 72.8 Å². The average molecular weight is 622 g/mol. The van der Waals surface area contributed by atoms with Crippen LogP contribution in [0.2, 0.25) is 0 Å². The van der Waals surface area contributed by atoms with E-state index < -0.39 is 5.41 Å². The zero-order chi connectivity index (χ0) is 31.8. The second kappa shape index (κ2) is 12.5. The molecule has 9 nitrogen and oxygen atoms in total. The number of rotatable bonds is 10. The number of amides is 1. The van der Waals surface area contributed by atoms with Gasteiger partial charge in [-0.3, -0.25) is 4.79 Å². The van der Waals surface area contributed by atoms with Crippen LogP contribution in [0.4, 0.5) is 11.5 Å². The fourth-order valence-electron chi connectivity index (χ4n) is 7.12. The Labute approximate surface area is 270 Å². The van der Waals surface area contributed by atoms with Crippen molar-refractivity contribution in [3.05, 3.63) is 83.9 Å². The summed E-state index contributed by atoms with van der Waals surface area (Å²) >= 11 is 0. The lowest BCUT2D eigenvalue weighted by Gasteiger charge is -2.37. The number of benzene rings is 3. The fraction of sp³-hybridized carbons (Fsp3) is 0.405. The number of anilines is 2. The number of hydrogen-bond donors (Lipinski definition) is 1. The van der Waals surface area contributed by atoms with Gasteiger partial charge in [0.15, 0.2) is 5.82 Å². The molecule has 0 radical (unpaired) electrons. The van der Waals surface area contributed by atoms with Gasteiger partial charge in [-0.2, -0.15) is 0 Å². The molecule has 7 rings (SSSR count). The van der Waals surface area contributed by atoms with Crippen LogP contribution in [-0.4, -0.2) is 79.2 Å². The summed E-state index contributed by atoms with van der Waals surface area (Å²) in [6.07, 6.45) is 4.62. The molecular weight excluding hydrogens is 578 g/mol. The second-order valence-corrected chi connectivity index (χ2v) is 12.9. The third-order valence-electron chi connectivity index (χ3n) is 10.0. The van der Waals surface area contributed by atoms with Crippen LogP contribution in [0.1, 0.15) is 43.2 Å². The molecule has 2 fully saturated rings. The van der Waals surface area contributed by atoms with Gasteiger partial charge >= 0.3 is 0 Å². The third-order valence-corrected chi connectivity index (χ3v) is 10.0. The third kappa shape index (κ3) is 5.41. The molecule has 9 heteroatoms. The molecule has 3 aliphatic rings. The largest absolute Gasteiger partial charge is 0.497 e. The smallest absolute Gasteiger partial charge is 0.238 e. The predicted molar refractivity (Wildman–Crippen MR) is 180 cm³/mol. The van der Waals surface area contributed by atoms with Crippen LogP contribution in [0, 0.1) is 0 Å². The lowest BCUT2D eigenvalue weighted by Crippen LogP contribution is -2.44. The summed E-state index contributed by atoms with van der Waals surface area (Å²) in [4.78, 5) is 20.7. The molecule has 4 aromatic rings. The van der Waals surface area contributed by atoms with Crippen molar-refractivity contribution in [1.82, 2.24) is 14.7 Å². The number of aliphatic hydroxyl groups excluding tert-OH is 1. The molecule has 1 saturated heterocycles. The molecule has 1 spiro atoms. The van der Waals surface area contributed by atoms with Crippen LogP contribution in [0.25, 0.3) is 16.9 Å². The lowest BCUT2D eigenvalue weighted by atomic mass is 9.65. The van der Waals surface area contributed by atoms with E-state index in [9.17, 15) is 9.90 Å². The Morgan fingerprint density at radius 1 is 1.02 bits per heavy atom. The van der Waals surface area contributed by atoms with E-state index in [0.29, 0.717) is 13.1 Å². The van der Waals surface area contributed by atoms with E-state index >= 15 is 0 Å². The molecule has 0 atom stereocenters. The highest BCUT2D eigenvalue weighted by atomic mass is 16.5. The first-order valence-corrected chi connectivity index (χ1v) is 16.4. The van der Waals surface area contributed by atoms with Gasteiger partial charge in [-0.05, 0) is 80.3 Å². The van der Waals surface area contributed by atoms with Crippen molar-refractivity contribution in [2.75, 3.05) is 57.2 Å². The van der Waals surface area contributed by atoms with Gasteiger partial charge in [-0.25, -0.2) is 4.68 Å². The van der Waals surface area contributed by atoms with Gasteiger partial charge < -0.3 is 29.3 Å². The van der Waals surface area contributed by atoms with E-state index in [1.54, 1.807) is 7.11 Å². The van der Waals surface area contributed by atoms with Crippen LogP contribution >= 0.6 is 0 Å². The summed E-state index contributed by atoms with van der Waals surface area (Å²) in [7, 11) is 5.76. The molecule has 0 bridgehead atoms. The van der Waals surface area contributed by atoms with Crippen LogP contribution in [-0.2, 0) is 16.8 Å². The number of para-hydroxylation sites is 1. The molecule has 46 heavy (non-hydrogen) atoms. The van der Waals surface area contributed by atoms with Crippen molar-refractivity contribution in [3.8, 4) is 28.4 Å². The number of aromatic nitrogens is 2. The molecular formula is C37H43N5O4. The normalized spacial score (nSPS) is 17.7. The summed E-state index contributed by atoms with van der Waals surface area (Å²) in [6, 6.07) is 24.5. The molecule has 3 heterocycles. The summed E-state index contributed by atoms with van der Waals surface area (Å²) in [5.74, 6) is 2.48. The molecule has 1 N–H and O–H groups in total. The van der Waals surface area contributed by atoms with Gasteiger partial charge in [0.1, 0.15) is 17.6 Å². The predicted octanol–water partition coefficient (Wildman–Crippen LogP) is 5.42. The highest BCUT2D eigenvalue weighted by molar-refractivity contribution is 6.10. The number of piperidine rings is 1. The number of likely N-dealkylation sites (N-methyl/N-ethyl adjacent to an activating group) is 1. The molecule has 240 valence electrons. The minimum Gasteiger partial charge on any atom is -0.497 e. The van der Waals surface area contributed by atoms with Crippen LogP contribution in [0.3, 0.4) is 0 Å². The number of fused-ring (bicyclic) bond motifs is 2. The molecule has 1 saturated carbocycles. The minimum absolute atomic E-state index is 0.0338. The molecule has 3 aromatic carbocycles. The molecule has 1 aromatic heterocycles. The van der Waals surface area contributed by atoms with E-state index in [0.717, 1.165) is 96.3 Å². The van der Waals surface area contributed by atoms with Crippen molar-refractivity contribution in [2.24, 2.45) is 0 Å². The zero-order valence-electron chi connectivity index (χ0n) is 27.0. The number of aliphatic hydroxyl groups is 1. The van der Waals surface area contributed by atoms with Crippen molar-refractivity contribution in [1.29, 1.82) is 0 Å². The minimum atomic E-state index is -0.545. The quantitative estimate of drug-likeness (QED) is 0.253. The van der Waals surface area contributed by atoms with Crippen molar-refractivity contribution in [3.63, 3.8) is 0 Å². The first kappa shape index (κ1) is 30.3. The van der Waals surface area contributed by atoms with Gasteiger partial charge in [0.2, 0.25) is 5.91 Å². The monoisotopic (exact) mass is 621 g/mol. The SMILES string of the molecule is COc1ccc(CN2C(=O)C3(CCC3)c3cc(-c4cc(N(C)CCO)nn4-c4ccccc4)cc(OC4CCN(C)CC4)c32)cc1. The highest BCUT2D eigenvalue weighted by Gasteiger charge is 2.55. The number of hydrogen-bond acceptors (Lipinski definition) is 7. The molecule has 0 unspecified atom stereocenters. The highest BCUT2D eigenvalue weighted by Crippen LogP contribution is 2.58. The topological polar surface area (TPSA) is 83.3 Å². The summed E-state index contributed by atoms with van der Waals surface area (Å²) in [5, 5.41) is 14.6. The zero-order valence-corrected chi connectivity index (χ0v) is 27.0. The van der Waals surface area contributed by atoms with Crippen molar-refractivity contribution in [2.45, 2.75) is 50.2 Å². The number of carbonyl (C=O) groups excluding carboxylic acids is 1. The Morgan fingerprint density at radius 3 is 2.41 bits per heavy atom. The van der Waals surface area contributed by atoms with Gasteiger partial charge in [-0.1, -0.05) is 36.8 Å². The summed E-state index contributed by atoms with van der Waals surface area (Å²) in [5.41, 5.74) is 5.29. The first-order chi connectivity index (χ1) is 22.4. The van der Waals surface area contributed by atoms with Gasteiger partial charge in [0.05, 0.1) is 42.7 Å². The number of nitrogens with zero attached hydrogens (tertiary/aromatic N) is 5. The summed E-state index contributed by atoms with van der Waals surface area (Å²) in [6.45, 7) is 2.93. The van der Waals surface area contributed by atoms with E-state index in [2.05, 4.69) is 30.1 Å². The van der Waals surface area contributed by atoms with E-state index in [1.165, 1.54) is 0 Å². The van der Waals surface area contributed by atoms with E-state index in [-0.39, 0.29) is 18.6 Å². The Hall–Kier alpha value is -4.34. The first-order valence-electron chi connectivity index (χ1n) is 16.4.